The smallest absolute Gasteiger partial charge is 0.119 e. The largest absolute Gasteiger partial charge is 0.494 e. The average molecular weight is 259 g/mol. The highest BCUT2D eigenvalue weighted by Gasteiger charge is 2.15. The van der Waals surface area contributed by atoms with Gasteiger partial charge in [0.1, 0.15) is 5.75 Å². The number of hydrogen-bond acceptors (Lipinski definition) is 3. The predicted octanol–water partition coefficient (Wildman–Crippen LogP) is 2.66. The molecule has 2 N–H and O–H groups in total. The van der Waals surface area contributed by atoms with Crippen LogP contribution in [0.15, 0.2) is 30.3 Å². The molecule has 0 aliphatic rings. The molecule has 0 spiro atoms. The number of hydrogen-bond donors (Lipinski definition) is 1. The number of nitrogens with zero attached hydrogens (tertiary/aromatic N) is 2. The van der Waals surface area contributed by atoms with E-state index < -0.39 is 0 Å². The van der Waals surface area contributed by atoms with E-state index in [1.807, 2.05) is 48.9 Å². The second kappa shape index (κ2) is 5.89. The van der Waals surface area contributed by atoms with Gasteiger partial charge in [-0.05, 0) is 44.5 Å². The fourth-order valence-corrected chi connectivity index (χ4v) is 2.20. The summed E-state index contributed by atoms with van der Waals surface area (Å²) in [6, 6.07) is 9.80. The highest BCUT2D eigenvalue weighted by atomic mass is 16.5. The molecule has 4 heteroatoms. The van der Waals surface area contributed by atoms with Crippen molar-refractivity contribution in [3.8, 4) is 5.75 Å². The molecule has 0 aliphatic carbocycles. The van der Waals surface area contributed by atoms with Crippen LogP contribution in [0.5, 0.6) is 5.75 Å². The summed E-state index contributed by atoms with van der Waals surface area (Å²) in [6.45, 7) is 7.51. The molecule has 1 aromatic carbocycles. The average Bonchev–Trinajstić information content (AvgIpc) is 2.80. The third kappa shape index (κ3) is 2.96. The normalized spacial score (nSPS) is 12.4. The Kier molecular flexibility index (Phi) is 4.22. The van der Waals surface area contributed by atoms with Gasteiger partial charge in [0.2, 0.25) is 0 Å². The standard InChI is InChI=1S/C15H21N3O/c1-4-18-14(9-11(3)17-18)15(16)12-7-6-8-13(10-12)19-5-2/h6-10,15H,4-5,16H2,1-3H3. The number of aryl methyl sites for hydroxylation is 2. The summed E-state index contributed by atoms with van der Waals surface area (Å²) in [5, 5.41) is 4.44. The minimum atomic E-state index is -0.179. The maximum atomic E-state index is 6.35. The zero-order valence-electron chi connectivity index (χ0n) is 11.8. The fraction of sp³-hybridized carbons (Fsp3) is 0.400. The van der Waals surface area contributed by atoms with Crippen LogP contribution in [0.4, 0.5) is 0 Å². The first-order valence-electron chi connectivity index (χ1n) is 6.68. The molecule has 102 valence electrons. The first-order chi connectivity index (χ1) is 9.15. The molecular weight excluding hydrogens is 238 g/mol. The minimum Gasteiger partial charge on any atom is -0.494 e. The van der Waals surface area contributed by atoms with E-state index in [0.29, 0.717) is 6.61 Å². The lowest BCUT2D eigenvalue weighted by Gasteiger charge is -2.14. The van der Waals surface area contributed by atoms with E-state index >= 15 is 0 Å². The van der Waals surface area contributed by atoms with Crippen molar-refractivity contribution < 1.29 is 4.74 Å². The monoisotopic (exact) mass is 259 g/mol. The van der Waals surface area contributed by atoms with Crippen molar-refractivity contribution in [1.82, 2.24) is 9.78 Å². The van der Waals surface area contributed by atoms with E-state index in [-0.39, 0.29) is 6.04 Å². The Bertz CT molecular complexity index is 548. The van der Waals surface area contributed by atoms with Gasteiger partial charge in [-0.25, -0.2) is 0 Å². The van der Waals surface area contributed by atoms with Crippen molar-refractivity contribution >= 4 is 0 Å². The molecular formula is C15H21N3O. The number of nitrogens with two attached hydrogens (primary N) is 1. The summed E-state index contributed by atoms with van der Waals surface area (Å²) in [4.78, 5) is 0. The van der Waals surface area contributed by atoms with Gasteiger partial charge in [0.05, 0.1) is 24.0 Å². The first-order valence-corrected chi connectivity index (χ1v) is 6.68. The third-order valence-corrected chi connectivity index (χ3v) is 3.08. The van der Waals surface area contributed by atoms with Crippen LogP contribution in [-0.2, 0) is 6.54 Å². The van der Waals surface area contributed by atoms with Crippen LogP contribution in [0.2, 0.25) is 0 Å². The molecule has 4 nitrogen and oxygen atoms in total. The lowest BCUT2D eigenvalue weighted by Crippen LogP contribution is -2.17. The van der Waals surface area contributed by atoms with E-state index in [9.17, 15) is 0 Å². The van der Waals surface area contributed by atoms with Gasteiger partial charge in [0, 0.05) is 6.54 Å². The van der Waals surface area contributed by atoms with Gasteiger partial charge < -0.3 is 10.5 Å². The van der Waals surface area contributed by atoms with Gasteiger partial charge in [0.15, 0.2) is 0 Å². The molecule has 0 amide bonds. The van der Waals surface area contributed by atoms with Gasteiger partial charge in [-0.15, -0.1) is 0 Å². The first kappa shape index (κ1) is 13.6. The number of benzene rings is 1. The van der Waals surface area contributed by atoms with E-state index in [4.69, 9.17) is 10.5 Å². The molecule has 2 aromatic rings. The summed E-state index contributed by atoms with van der Waals surface area (Å²) < 4.78 is 7.47. The molecule has 1 atom stereocenters. The number of rotatable bonds is 5. The molecule has 0 bridgehead atoms. The summed E-state index contributed by atoms with van der Waals surface area (Å²) in [6.07, 6.45) is 0. The minimum absolute atomic E-state index is 0.179. The second-order valence-electron chi connectivity index (χ2n) is 4.51. The molecule has 19 heavy (non-hydrogen) atoms. The van der Waals surface area contributed by atoms with Crippen molar-refractivity contribution in [3.63, 3.8) is 0 Å². The van der Waals surface area contributed by atoms with E-state index in [0.717, 1.165) is 29.2 Å². The van der Waals surface area contributed by atoms with Crippen molar-refractivity contribution in [3.05, 3.63) is 47.3 Å². The molecule has 0 saturated carbocycles. The van der Waals surface area contributed by atoms with Crippen LogP contribution >= 0.6 is 0 Å². The maximum absolute atomic E-state index is 6.35. The molecule has 1 heterocycles. The van der Waals surface area contributed by atoms with Gasteiger partial charge in [-0.3, -0.25) is 4.68 Å². The van der Waals surface area contributed by atoms with E-state index in [1.54, 1.807) is 0 Å². The van der Waals surface area contributed by atoms with Gasteiger partial charge in [0.25, 0.3) is 0 Å². The van der Waals surface area contributed by atoms with Gasteiger partial charge in [-0.2, -0.15) is 5.10 Å². The van der Waals surface area contributed by atoms with Gasteiger partial charge in [-0.1, -0.05) is 12.1 Å². The summed E-state index contributed by atoms with van der Waals surface area (Å²) in [5.74, 6) is 0.856. The van der Waals surface area contributed by atoms with Crippen LogP contribution < -0.4 is 10.5 Å². The zero-order chi connectivity index (χ0) is 13.8. The Hall–Kier alpha value is -1.81. The predicted molar refractivity (Wildman–Crippen MR) is 76.3 cm³/mol. The third-order valence-electron chi connectivity index (χ3n) is 3.08. The van der Waals surface area contributed by atoms with Crippen LogP contribution in [0.25, 0.3) is 0 Å². The molecule has 0 saturated heterocycles. The molecule has 0 aliphatic heterocycles. The molecule has 0 radical (unpaired) electrons. The quantitative estimate of drug-likeness (QED) is 0.898. The fourth-order valence-electron chi connectivity index (χ4n) is 2.20. The van der Waals surface area contributed by atoms with Crippen LogP contribution in [0.3, 0.4) is 0 Å². The lowest BCUT2D eigenvalue weighted by atomic mass is 10.0. The number of ether oxygens (including phenoxy) is 1. The van der Waals surface area contributed by atoms with Crippen molar-refractivity contribution in [1.29, 1.82) is 0 Å². The molecule has 1 aromatic heterocycles. The molecule has 0 fully saturated rings. The topological polar surface area (TPSA) is 53.1 Å². The van der Waals surface area contributed by atoms with Crippen LogP contribution in [-0.4, -0.2) is 16.4 Å². The second-order valence-corrected chi connectivity index (χ2v) is 4.51. The SMILES string of the molecule is CCOc1cccc(C(N)c2cc(C)nn2CC)c1. The Morgan fingerprint density at radius 3 is 2.79 bits per heavy atom. The Morgan fingerprint density at radius 2 is 2.11 bits per heavy atom. The van der Waals surface area contributed by atoms with Crippen molar-refractivity contribution in [2.24, 2.45) is 5.73 Å². The van der Waals surface area contributed by atoms with Crippen LogP contribution in [0.1, 0.15) is 36.8 Å². The van der Waals surface area contributed by atoms with Gasteiger partial charge >= 0.3 is 0 Å². The van der Waals surface area contributed by atoms with E-state index in [2.05, 4.69) is 12.0 Å². The van der Waals surface area contributed by atoms with Crippen molar-refractivity contribution in [2.45, 2.75) is 33.4 Å². The Labute approximate surface area is 114 Å². The van der Waals surface area contributed by atoms with E-state index in [1.165, 1.54) is 0 Å². The summed E-state index contributed by atoms with van der Waals surface area (Å²) in [7, 11) is 0. The van der Waals surface area contributed by atoms with Crippen LogP contribution in [0, 0.1) is 6.92 Å². The zero-order valence-corrected chi connectivity index (χ0v) is 11.8. The highest BCUT2D eigenvalue weighted by Crippen LogP contribution is 2.24. The maximum Gasteiger partial charge on any atom is 0.119 e. The molecule has 1 unspecified atom stereocenters. The summed E-state index contributed by atoms with van der Waals surface area (Å²) >= 11 is 0. The number of aromatic nitrogens is 2. The Morgan fingerprint density at radius 1 is 1.32 bits per heavy atom. The molecule has 2 rings (SSSR count). The summed E-state index contributed by atoms with van der Waals surface area (Å²) in [5.41, 5.74) is 9.43. The highest BCUT2D eigenvalue weighted by molar-refractivity contribution is 5.34. The Balaban J connectivity index is 2.32. The lowest BCUT2D eigenvalue weighted by molar-refractivity contribution is 0.339. The van der Waals surface area contributed by atoms with Crippen molar-refractivity contribution in [2.75, 3.05) is 6.61 Å².